The molecule has 0 aliphatic heterocycles. The first kappa shape index (κ1) is 15.8. The van der Waals surface area contributed by atoms with Crippen LogP contribution in [0, 0.1) is 6.92 Å². The van der Waals surface area contributed by atoms with Crippen molar-refractivity contribution < 1.29 is 9.90 Å². The van der Waals surface area contributed by atoms with E-state index in [1.54, 1.807) is 17.0 Å². The van der Waals surface area contributed by atoms with Crippen molar-refractivity contribution in [3.05, 3.63) is 95.6 Å². The predicted octanol–water partition coefficient (Wildman–Crippen LogP) is 4.55. The molecule has 0 spiro atoms. The fraction of sp³-hybridized carbons (Fsp3) is 0.0952. The van der Waals surface area contributed by atoms with Crippen LogP contribution in [0.15, 0.2) is 78.9 Å². The molecule has 3 rings (SSSR count). The lowest BCUT2D eigenvalue weighted by Crippen LogP contribution is -2.30. The summed E-state index contributed by atoms with van der Waals surface area (Å²) in [5, 5.41) is 9.43. The topological polar surface area (TPSA) is 40.5 Å². The number of rotatable bonds is 4. The first-order valence-electron chi connectivity index (χ1n) is 7.85. The summed E-state index contributed by atoms with van der Waals surface area (Å²) in [7, 11) is 0. The number of hydrogen-bond acceptors (Lipinski definition) is 2. The summed E-state index contributed by atoms with van der Waals surface area (Å²) >= 11 is 0. The van der Waals surface area contributed by atoms with E-state index in [2.05, 4.69) is 0 Å². The summed E-state index contributed by atoms with van der Waals surface area (Å²) in [4.78, 5) is 14.7. The van der Waals surface area contributed by atoms with Gasteiger partial charge < -0.3 is 10.0 Å². The second-order valence-electron chi connectivity index (χ2n) is 5.76. The molecule has 1 amide bonds. The van der Waals surface area contributed by atoms with Gasteiger partial charge in [0.05, 0.1) is 6.54 Å². The summed E-state index contributed by atoms with van der Waals surface area (Å²) < 4.78 is 0. The highest BCUT2D eigenvalue weighted by molar-refractivity contribution is 6.06. The zero-order valence-corrected chi connectivity index (χ0v) is 13.5. The molecule has 0 bridgehead atoms. The fourth-order valence-electron chi connectivity index (χ4n) is 2.53. The van der Waals surface area contributed by atoms with Gasteiger partial charge in [-0.05, 0) is 48.9 Å². The van der Waals surface area contributed by atoms with Crippen LogP contribution in [0.25, 0.3) is 0 Å². The van der Waals surface area contributed by atoms with Crippen LogP contribution < -0.4 is 4.90 Å². The summed E-state index contributed by atoms with van der Waals surface area (Å²) in [5.74, 6) is 0.0548. The van der Waals surface area contributed by atoms with E-state index in [9.17, 15) is 9.90 Å². The number of hydrogen-bond donors (Lipinski definition) is 1. The third-order valence-electron chi connectivity index (χ3n) is 3.89. The molecule has 0 aliphatic rings. The summed E-state index contributed by atoms with van der Waals surface area (Å²) in [5.41, 5.74) is 3.60. The van der Waals surface area contributed by atoms with Crippen molar-refractivity contribution in [1.82, 2.24) is 0 Å². The Bertz CT molecular complexity index is 809. The molecule has 3 heteroatoms. The Morgan fingerprint density at radius 1 is 0.875 bits per heavy atom. The largest absolute Gasteiger partial charge is 0.508 e. The van der Waals surface area contributed by atoms with Gasteiger partial charge in [-0.1, -0.05) is 48.0 Å². The average Bonchev–Trinajstić information content (AvgIpc) is 2.62. The number of aromatic hydroxyl groups is 1. The van der Waals surface area contributed by atoms with Gasteiger partial charge in [-0.15, -0.1) is 0 Å². The summed E-state index contributed by atoms with van der Waals surface area (Å²) in [6.07, 6.45) is 0. The van der Waals surface area contributed by atoms with Gasteiger partial charge in [0.15, 0.2) is 0 Å². The molecular weight excluding hydrogens is 298 g/mol. The number of carbonyl (C=O) groups is 1. The summed E-state index contributed by atoms with van der Waals surface area (Å²) in [6.45, 7) is 2.51. The van der Waals surface area contributed by atoms with Crippen LogP contribution in [0.3, 0.4) is 0 Å². The highest BCUT2D eigenvalue weighted by Gasteiger charge is 2.18. The first-order chi connectivity index (χ1) is 11.6. The predicted molar refractivity (Wildman–Crippen MR) is 96.2 cm³/mol. The zero-order chi connectivity index (χ0) is 16.9. The van der Waals surface area contributed by atoms with E-state index in [0.717, 1.165) is 16.8 Å². The molecule has 0 aromatic heterocycles. The molecule has 0 aliphatic carbocycles. The highest BCUT2D eigenvalue weighted by Crippen LogP contribution is 2.22. The number of amides is 1. The number of nitrogens with zero attached hydrogens (tertiary/aromatic N) is 1. The lowest BCUT2D eigenvalue weighted by Gasteiger charge is -2.23. The number of carbonyl (C=O) groups excluding carboxylic acids is 1. The minimum atomic E-state index is -0.0947. The maximum absolute atomic E-state index is 13.0. The van der Waals surface area contributed by atoms with Crippen molar-refractivity contribution in [3.63, 3.8) is 0 Å². The standard InChI is InChI=1S/C21H19NO2/c1-16-7-11-19(12-8-16)22(15-17-5-3-2-4-6-17)21(24)18-9-13-20(23)14-10-18/h2-14,23H,15H2,1H3. The maximum atomic E-state index is 13.0. The molecule has 3 aromatic carbocycles. The minimum Gasteiger partial charge on any atom is -0.508 e. The molecule has 0 atom stereocenters. The zero-order valence-electron chi connectivity index (χ0n) is 13.5. The van der Waals surface area contributed by atoms with E-state index in [-0.39, 0.29) is 11.7 Å². The van der Waals surface area contributed by atoms with Gasteiger partial charge in [0.2, 0.25) is 0 Å². The van der Waals surface area contributed by atoms with Gasteiger partial charge in [-0.2, -0.15) is 0 Å². The molecule has 24 heavy (non-hydrogen) atoms. The highest BCUT2D eigenvalue weighted by atomic mass is 16.3. The van der Waals surface area contributed by atoms with Gasteiger partial charge in [0.25, 0.3) is 5.91 Å². The molecular formula is C21H19NO2. The molecule has 0 radical (unpaired) electrons. The third-order valence-corrected chi connectivity index (χ3v) is 3.89. The van der Waals surface area contributed by atoms with Gasteiger partial charge in [0, 0.05) is 11.3 Å². The van der Waals surface area contributed by atoms with E-state index in [0.29, 0.717) is 12.1 Å². The lowest BCUT2D eigenvalue weighted by molar-refractivity contribution is 0.0985. The van der Waals surface area contributed by atoms with Crippen molar-refractivity contribution in [2.24, 2.45) is 0 Å². The van der Waals surface area contributed by atoms with Crippen LogP contribution in [-0.4, -0.2) is 11.0 Å². The van der Waals surface area contributed by atoms with Crippen LogP contribution in [0.1, 0.15) is 21.5 Å². The minimum absolute atomic E-state index is 0.0947. The first-order valence-corrected chi connectivity index (χ1v) is 7.85. The Morgan fingerprint density at radius 2 is 1.50 bits per heavy atom. The smallest absolute Gasteiger partial charge is 0.258 e. The van der Waals surface area contributed by atoms with Crippen LogP contribution in [0.5, 0.6) is 5.75 Å². The number of benzene rings is 3. The van der Waals surface area contributed by atoms with Gasteiger partial charge >= 0.3 is 0 Å². The molecule has 1 N–H and O–H groups in total. The van der Waals surface area contributed by atoms with E-state index in [1.165, 1.54) is 12.1 Å². The van der Waals surface area contributed by atoms with E-state index >= 15 is 0 Å². The average molecular weight is 317 g/mol. The number of anilines is 1. The quantitative estimate of drug-likeness (QED) is 0.767. The molecule has 0 heterocycles. The van der Waals surface area contributed by atoms with E-state index < -0.39 is 0 Å². The van der Waals surface area contributed by atoms with Gasteiger partial charge in [-0.3, -0.25) is 4.79 Å². The maximum Gasteiger partial charge on any atom is 0.258 e. The van der Waals surface area contributed by atoms with E-state index in [1.807, 2.05) is 61.5 Å². The Kier molecular flexibility index (Phi) is 4.62. The van der Waals surface area contributed by atoms with E-state index in [4.69, 9.17) is 0 Å². The molecule has 0 unspecified atom stereocenters. The van der Waals surface area contributed by atoms with Gasteiger partial charge in [-0.25, -0.2) is 0 Å². The molecule has 3 aromatic rings. The van der Waals surface area contributed by atoms with Crippen molar-refractivity contribution in [1.29, 1.82) is 0 Å². The second-order valence-corrected chi connectivity index (χ2v) is 5.76. The second kappa shape index (κ2) is 7.01. The Labute approximate surface area is 141 Å². The van der Waals surface area contributed by atoms with Crippen molar-refractivity contribution in [2.45, 2.75) is 13.5 Å². The van der Waals surface area contributed by atoms with Crippen molar-refractivity contribution >= 4 is 11.6 Å². The number of phenolic OH excluding ortho intramolecular Hbond substituents is 1. The molecule has 0 saturated carbocycles. The molecule has 0 saturated heterocycles. The number of phenols is 1. The van der Waals surface area contributed by atoms with Crippen molar-refractivity contribution in [3.8, 4) is 5.75 Å². The molecule has 120 valence electrons. The van der Waals surface area contributed by atoms with Crippen LogP contribution in [0.2, 0.25) is 0 Å². The number of aryl methyl sites for hydroxylation is 1. The van der Waals surface area contributed by atoms with Gasteiger partial charge in [0.1, 0.15) is 5.75 Å². The monoisotopic (exact) mass is 317 g/mol. The van der Waals surface area contributed by atoms with Crippen molar-refractivity contribution in [2.75, 3.05) is 4.90 Å². The summed E-state index contributed by atoms with van der Waals surface area (Å²) in [6, 6.07) is 24.2. The normalized spacial score (nSPS) is 10.4. The van der Waals surface area contributed by atoms with Crippen LogP contribution in [0.4, 0.5) is 5.69 Å². The molecule has 0 fully saturated rings. The van der Waals surface area contributed by atoms with Crippen LogP contribution in [-0.2, 0) is 6.54 Å². The fourth-order valence-corrected chi connectivity index (χ4v) is 2.53. The Balaban J connectivity index is 1.96. The Hall–Kier alpha value is -3.07. The lowest BCUT2D eigenvalue weighted by atomic mass is 10.1. The Morgan fingerprint density at radius 3 is 2.12 bits per heavy atom. The van der Waals surface area contributed by atoms with Crippen LogP contribution >= 0.6 is 0 Å². The third kappa shape index (κ3) is 3.63. The molecule has 3 nitrogen and oxygen atoms in total. The SMILES string of the molecule is Cc1ccc(N(Cc2ccccc2)C(=O)c2ccc(O)cc2)cc1.